The monoisotopic (exact) mass is 299 g/mol. The lowest BCUT2D eigenvalue weighted by molar-refractivity contribution is 0.252. The second-order valence-electron chi connectivity index (χ2n) is 4.64. The first kappa shape index (κ1) is 16.5. The predicted octanol–water partition coefficient (Wildman–Crippen LogP) is 1.13. The average molecular weight is 299 g/mol. The van der Waals surface area contributed by atoms with E-state index in [1.807, 2.05) is 26.1 Å². The van der Waals surface area contributed by atoms with E-state index in [1.54, 1.807) is 12.1 Å². The zero-order valence-electron chi connectivity index (χ0n) is 11.9. The summed E-state index contributed by atoms with van der Waals surface area (Å²) < 4.78 is 21.8. The van der Waals surface area contributed by atoms with E-state index in [-0.39, 0.29) is 18.3 Å². The first-order valence-electron chi connectivity index (χ1n) is 6.31. The van der Waals surface area contributed by atoms with E-state index in [0.717, 1.165) is 11.8 Å². The molecule has 112 valence electrons. The molecule has 20 heavy (non-hydrogen) atoms. The molecule has 0 aromatic heterocycles. The maximum atomic E-state index is 11.5. The van der Waals surface area contributed by atoms with Crippen LogP contribution in [0.5, 0.6) is 0 Å². The summed E-state index contributed by atoms with van der Waals surface area (Å²) in [5, 5.41) is 8.27. The Morgan fingerprint density at radius 2 is 1.85 bits per heavy atom. The fourth-order valence-corrected chi connectivity index (χ4v) is 2.02. The molecule has 2 amide bonds. The maximum Gasteiger partial charge on any atom is 0.319 e. The Kier molecular flexibility index (Phi) is 5.97. The zero-order valence-corrected chi connectivity index (χ0v) is 12.8. The van der Waals surface area contributed by atoms with Crippen LogP contribution in [0.4, 0.5) is 10.5 Å². The van der Waals surface area contributed by atoms with E-state index in [2.05, 4.69) is 16.0 Å². The van der Waals surface area contributed by atoms with Gasteiger partial charge in [0.1, 0.15) is 9.84 Å². The minimum atomic E-state index is -3.06. The summed E-state index contributed by atoms with van der Waals surface area (Å²) in [4.78, 5) is 11.5. The molecular weight excluding hydrogens is 278 g/mol. The van der Waals surface area contributed by atoms with Gasteiger partial charge >= 0.3 is 6.03 Å². The van der Waals surface area contributed by atoms with Crippen molar-refractivity contribution >= 4 is 21.6 Å². The van der Waals surface area contributed by atoms with Gasteiger partial charge < -0.3 is 16.0 Å². The average Bonchev–Trinajstić information content (AvgIpc) is 2.37. The topological polar surface area (TPSA) is 87.3 Å². The van der Waals surface area contributed by atoms with Gasteiger partial charge in [0.2, 0.25) is 0 Å². The Bertz CT molecular complexity index is 540. The molecule has 0 heterocycles. The second-order valence-corrected chi connectivity index (χ2v) is 6.90. The van der Waals surface area contributed by atoms with Crippen molar-refractivity contribution in [2.75, 3.05) is 30.9 Å². The third-order valence-corrected chi connectivity index (χ3v) is 3.81. The molecule has 0 aliphatic rings. The van der Waals surface area contributed by atoms with Crippen LogP contribution in [0, 0.1) is 0 Å². The van der Waals surface area contributed by atoms with Gasteiger partial charge in [-0.25, -0.2) is 13.2 Å². The van der Waals surface area contributed by atoms with Crippen molar-refractivity contribution < 1.29 is 13.2 Å². The van der Waals surface area contributed by atoms with E-state index in [9.17, 15) is 13.2 Å². The van der Waals surface area contributed by atoms with Crippen LogP contribution in [0.2, 0.25) is 0 Å². The summed E-state index contributed by atoms with van der Waals surface area (Å²) in [6, 6.07) is 7.29. The molecule has 0 aliphatic heterocycles. The molecule has 0 radical (unpaired) electrons. The van der Waals surface area contributed by atoms with Crippen LogP contribution in [0.25, 0.3) is 0 Å². The SMILES string of the molecule is CNC(C)c1ccc(NC(=O)NCCS(C)(=O)=O)cc1. The number of hydrogen-bond donors (Lipinski definition) is 3. The third kappa shape index (κ3) is 6.03. The minimum absolute atomic E-state index is 0.0704. The molecule has 1 aromatic rings. The van der Waals surface area contributed by atoms with Gasteiger partial charge in [-0.1, -0.05) is 12.1 Å². The van der Waals surface area contributed by atoms with E-state index in [1.165, 1.54) is 0 Å². The van der Waals surface area contributed by atoms with Crippen molar-refractivity contribution in [3.63, 3.8) is 0 Å². The van der Waals surface area contributed by atoms with E-state index >= 15 is 0 Å². The Labute approximate surface area is 119 Å². The number of urea groups is 1. The first-order valence-corrected chi connectivity index (χ1v) is 8.37. The van der Waals surface area contributed by atoms with Crippen LogP contribution in [-0.4, -0.2) is 40.0 Å². The van der Waals surface area contributed by atoms with Gasteiger partial charge in [-0.05, 0) is 31.7 Å². The highest BCUT2D eigenvalue weighted by Crippen LogP contribution is 2.15. The second kappa shape index (κ2) is 7.25. The zero-order chi connectivity index (χ0) is 15.2. The van der Waals surface area contributed by atoms with Crippen molar-refractivity contribution in [1.29, 1.82) is 0 Å². The van der Waals surface area contributed by atoms with Gasteiger partial charge in [0.25, 0.3) is 0 Å². The van der Waals surface area contributed by atoms with Crippen molar-refractivity contribution in [2.24, 2.45) is 0 Å². The van der Waals surface area contributed by atoms with Crippen LogP contribution >= 0.6 is 0 Å². The molecule has 1 rings (SSSR count). The molecule has 0 spiro atoms. The number of anilines is 1. The lowest BCUT2D eigenvalue weighted by Gasteiger charge is -2.12. The predicted molar refractivity (Wildman–Crippen MR) is 80.6 cm³/mol. The molecular formula is C13H21N3O3S. The smallest absolute Gasteiger partial charge is 0.319 e. The summed E-state index contributed by atoms with van der Waals surface area (Å²) in [5.74, 6) is -0.0704. The van der Waals surface area contributed by atoms with Gasteiger partial charge in [0.15, 0.2) is 0 Å². The number of benzene rings is 1. The fraction of sp³-hybridized carbons (Fsp3) is 0.462. The largest absolute Gasteiger partial charge is 0.337 e. The normalized spacial score (nSPS) is 12.8. The van der Waals surface area contributed by atoms with E-state index in [4.69, 9.17) is 0 Å². The van der Waals surface area contributed by atoms with Gasteiger partial charge in [0, 0.05) is 24.5 Å². The van der Waals surface area contributed by atoms with E-state index < -0.39 is 15.9 Å². The highest BCUT2D eigenvalue weighted by atomic mass is 32.2. The van der Waals surface area contributed by atoms with Crippen molar-refractivity contribution in [3.8, 4) is 0 Å². The van der Waals surface area contributed by atoms with Crippen LogP contribution in [0.3, 0.4) is 0 Å². The standard InChI is InChI=1S/C13H21N3O3S/c1-10(14-2)11-4-6-12(7-5-11)16-13(17)15-8-9-20(3,18)19/h4-7,10,14H,8-9H2,1-3H3,(H2,15,16,17). The fourth-order valence-electron chi connectivity index (χ4n) is 1.55. The van der Waals surface area contributed by atoms with Gasteiger partial charge in [-0.3, -0.25) is 0 Å². The van der Waals surface area contributed by atoms with Gasteiger partial charge in [0.05, 0.1) is 5.75 Å². The van der Waals surface area contributed by atoms with E-state index in [0.29, 0.717) is 5.69 Å². The van der Waals surface area contributed by atoms with Gasteiger partial charge in [-0.2, -0.15) is 0 Å². The lowest BCUT2D eigenvalue weighted by Crippen LogP contribution is -2.32. The Morgan fingerprint density at radius 1 is 1.25 bits per heavy atom. The molecule has 0 bridgehead atoms. The van der Waals surface area contributed by atoms with Crippen molar-refractivity contribution in [1.82, 2.24) is 10.6 Å². The Morgan fingerprint density at radius 3 is 2.35 bits per heavy atom. The van der Waals surface area contributed by atoms with Crippen LogP contribution in [0.1, 0.15) is 18.5 Å². The number of carbonyl (C=O) groups is 1. The molecule has 7 heteroatoms. The molecule has 0 aliphatic carbocycles. The third-order valence-electron chi connectivity index (χ3n) is 2.86. The van der Waals surface area contributed by atoms with Crippen LogP contribution in [-0.2, 0) is 9.84 Å². The maximum absolute atomic E-state index is 11.5. The summed E-state index contributed by atoms with van der Waals surface area (Å²) in [6.45, 7) is 2.14. The van der Waals surface area contributed by atoms with Crippen molar-refractivity contribution in [2.45, 2.75) is 13.0 Å². The number of carbonyl (C=O) groups excluding carboxylic acids is 1. The molecule has 1 unspecified atom stereocenters. The quantitative estimate of drug-likeness (QED) is 0.735. The Balaban J connectivity index is 2.46. The van der Waals surface area contributed by atoms with Gasteiger partial charge in [-0.15, -0.1) is 0 Å². The minimum Gasteiger partial charge on any atom is -0.337 e. The summed E-state index contributed by atoms with van der Waals surface area (Å²) in [5.41, 5.74) is 1.78. The highest BCUT2D eigenvalue weighted by Gasteiger charge is 2.06. The summed E-state index contributed by atoms with van der Waals surface area (Å²) in [7, 11) is -1.18. The van der Waals surface area contributed by atoms with Crippen molar-refractivity contribution in [3.05, 3.63) is 29.8 Å². The first-order chi connectivity index (χ1) is 9.31. The molecule has 1 atom stereocenters. The molecule has 0 saturated carbocycles. The molecule has 0 saturated heterocycles. The Hall–Kier alpha value is -1.60. The lowest BCUT2D eigenvalue weighted by atomic mass is 10.1. The molecule has 0 fully saturated rings. The van der Waals surface area contributed by atoms with Crippen LogP contribution in [0.15, 0.2) is 24.3 Å². The number of nitrogens with one attached hydrogen (secondary N) is 3. The summed E-state index contributed by atoms with van der Waals surface area (Å²) >= 11 is 0. The molecule has 6 nitrogen and oxygen atoms in total. The molecule has 1 aromatic carbocycles. The number of rotatable bonds is 6. The number of sulfone groups is 1. The van der Waals surface area contributed by atoms with Crippen LogP contribution < -0.4 is 16.0 Å². The number of amides is 2. The number of hydrogen-bond acceptors (Lipinski definition) is 4. The molecule has 3 N–H and O–H groups in total. The highest BCUT2D eigenvalue weighted by molar-refractivity contribution is 7.90. The summed E-state index contributed by atoms with van der Waals surface area (Å²) in [6.07, 6.45) is 1.13.